The molecule has 1 aromatic heterocycles. The van der Waals surface area contributed by atoms with Crippen molar-refractivity contribution in [2.75, 3.05) is 20.2 Å². The molecule has 3 aliphatic rings. The third-order valence-corrected chi connectivity index (χ3v) is 12.0. The van der Waals surface area contributed by atoms with Gasteiger partial charge in [-0.15, -0.1) is 6.58 Å². The van der Waals surface area contributed by atoms with E-state index in [1.54, 1.807) is 30.5 Å². The molecule has 0 spiro atoms. The fourth-order valence-corrected chi connectivity index (χ4v) is 8.13. The van der Waals surface area contributed by atoms with E-state index >= 15 is 0 Å². The zero-order valence-electron chi connectivity index (χ0n) is 31.7. The predicted molar refractivity (Wildman–Crippen MR) is 207 cm³/mol. The van der Waals surface area contributed by atoms with Gasteiger partial charge in [-0.3, -0.25) is 19.2 Å². The maximum absolute atomic E-state index is 14.6. The number of rotatable bonds is 8. The van der Waals surface area contributed by atoms with Crippen molar-refractivity contribution >= 4 is 50.7 Å². The number of carbonyl (C=O) groups is 4. The molecule has 2 aromatic carbocycles. The zero-order chi connectivity index (χ0) is 39.5. The molecule has 2 fully saturated rings. The van der Waals surface area contributed by atoms with Crippen LogP contribution in [0.4, 0.5) is 0 Å². The molecule has 3 heterocycles. The van der Waals surface area contributed by atoms with Crippen molar-refractivity contribution in [3.05, 3.63) is 90.7 Å². The molecule has 5 atom stereocenters. The maximum atomic E-state index is 14.6. The standard InChI is InChI=1S/C41H49N5O8S/c1-6-30-24-41(30,39(50)44-55(51,52)45(5)25-28-14-9-7-10-15-28)43-36(48)34-22-31-26-46(34)38(49)33(40(2,3)4)23-35(47)53-20-12-8-11-13-27-16-17-29-18-19-42-37(54-31)32(29)21-27/h6-7,9-11,13-19,21,30-31,33-34H,1,8,12,20,22-26H2,2-5H3,(H,43,48)(H,44,50)/b13-11+/t30-,31-,33-,34+,41-/m1/s1. The minimum absolute atomic E-state index is 0.00104. The third-order valence-electron chi connectivity index (χ3n) is 10.6. The lowest BCUT2D eigenvalue weighted by Crippen LogP contribution is -2.58. The van der Waals surface area contributed by atoms with Crippen LogP contribution in [-0.4, -0.2) is 84.2 Å². The second kappa shape index (κ2) is 16.0. The van der Waals surface area contributed by atoms with Crippen molar-refractivity contribution in [2.24, 2.45) is 17.3 Å². The number of pyridine rings is 1. The SMILES string of the molecule is C=C[C@@H]1C[C@]1(NC(=O)[C@@H]1C[C@@H]2CN1C(=O)[C@H](C(C)(C)C)CC(=O)OCCC/C=C/c1ccc3ccnc(c3c1)O2)C(=O)NS(=O)(=O)N(C)Cc1ccccc1. The van der Waals surface area contributed by atoms with Crippen LogP contribution in [0.2, 0.25) is 0 Å². The zero-order valence-corrected chi connectivity index (χ0v) is 32.5. The third kappa shape index (κ3) is 8.91. The van der Waals surface area contributed by atoms with Gasteiger partial charge in [-0.05, 0) is 53.3 Å². The summed E-state index contributed by atoms with van der Waals surface area (Å²) in [7, 11) is -2.96. The smallest absolute Gasteiger partial charge is 0.306 e. The molecule has 2 aliphatic heterocycles. The average Bonchev–Trinajstić information content (AvgIpc) is 3.70. The molecule has 0 unspecified atom stereocenters. The molecule has 2 N–H and O–H groups in total. The quantitative estimate of drug-likeness (QED) is 0.247. The average molecular weight is 772 g/mol. The van der Waals surface area contributed by atoms with Gasteiger partial charge in [0.25, 0.3) is 5.91 Å². The fraction of sp³-hybridized carbons (Fsp3) is 0.439. The lowest BCUT2D eigenvalue weighted by molar-refractivity contribution is -0.153. The minimum Gasteiger partial charge on any atom is -0.472 e. The van der Waals surface area contributed by atoms with Gasteiger partial charge in [0.1, 0.15) is 17.7 Å². The normalized spacial score (nSPS) is 25.4. The van der Waals surface area contributed by atoms with Gasteiger partial charge >= 0.3 is 16.2 Å². The van der Waals surface area contributed by atoms with E-state index in [-0.39, 0.29) is 39.0 Å². The van der Waals surface area contributed by atoms with Crippen LogP contribution >= 0.6 is 0 Å². The second-order valence-corrected chi connectivity index (χ2v) is 17.4. The number of hydrogen-bond acceptors (Lipinski definition) is 9. The molecule has 1 saturated carbocycles. The topological polar surface area (TPSA) is 164 Å². The Labute approximate surface area is 322 Å². The number of carbonyl (C=O) groups excluding carboxylic acids is 4. The van der Waals surface area contributed by atoms with Gasteiger partial charge in [0.15, 0.2) is 0 Å². The van der Waals surface area contributed by atoms with Gasteiger partial charge in [-0.1, -0.05) is 81.5 Å². The van der Waals surface area contributed by atoms with Crippen molar-refractivity contribution in [3.63, 3.8) is 0 Å². The first-order chi connectivity index (χ1) is 26.1. The Morgan fingerprint density at radius 2 is 1.89 bits per heavy atom. The van der Waals surface area contributed by atoms with E-state index in [0.29, 0.717) is 18.7 Å². The summed E-state index contributed by atoms with van der Waals surface area (Å²) in [6, 6.07) is 15.6. The highest BCUT2D eigenvalue weighted by Gasteiger charge is 2.61. The van der Waals surface area contributed by atoms with Crippen LogP contribution in [0.5, 0.6) is 5.88 Å². The van der Waals surface area contributed by atoms with E-state index in [9.17, 15) is 27.6 Å². The first kappa shape index (κ1) is 39.6. The van der Waals surface area contributed by atoms with E-state index < -0.39 is 68.8 Å². The number of allylic oxidation sites excluding steroid dienone is 1. The number of fused-ring (bicyclic) bond motifs is 3. The number of aromatic nitrogens is 1. The molecule has 292 valence electrons. The van der Waals surface area contributed by atoms with Gasteiger partial charge in [-0.25, -0.2) is 9.71 Å². The summed E-state index contributed by atoms with van der Waals surface area (Å²) in [4.78, 5) is 61.8. The molecule has 1 aliphatic carbocycles. The van der Waals surface area contributed by atoms with Crippen molar-refractivity contribution in [1.29, 1.82) is 0 Å². The summed E-state index contributed by atoms with van der Waals surface area (Å²) in [6.45, 7) is 9.56. The van der Waals surface area contributed by atoms with Crippen LogP contribution in [0.25, 0.3) is 16.8 Å². The van der Waals surface area contributed by atoms with Crippen LogP contribution in [0.3, 0.4) is 0 Å². The lowest BCUT2D eigenvalue weighted by atomic mass is 9.77. The molecule has 14 heteroatoms. The highest BCUT2D eigenvalue weighted by atomic mass is 32.2. The number of ether oxygens (including phenoxy) is 2. The van der Waals surface area contributed by atoms with Gasteiger partial charge in [0, 0.05) is 37.5 Å². The predicted octanol–water partition coefficient (Wildman–Crippen LogP) is 4.54. The van der Waals surface area contributed by atoms with Crippen LogP contribution in [0.1, 0.15) is 64.0 Å². The first-order valence-corrected chi connectivity index (χ1v) is 20.0. The summed E-state index contributed by atoms with van der Waals surface area (Å²) in [5.74, 6) is -3.59. The molecule has 6 rings (SSSR count). The van der Waals surface area contributed by atoms with Crippen LogP contribution in [-0.2, 0) is 40.7 Å². The number of nitrogens with one attached hydrogen (secondary N) is 2. The largest absolute Gasteiger partial charge is 0.472 e. The Balaban J connectivity index is 1.29. The van der Waals surface area contributed by atoms with E-state index in [4.69, 9.17) is 9.47 Å². The van der Waals surface area contributed by atoms with Gasteiger partial charge in [0.05, 0.1) is 25.5 Å². The Morgan fingerprint density at radius 1 is 1.13 bits per heavy atom. The van der Waals surface area contributed by atoms with Crippen LogP contribution in [0.15, 0.2) is 79.5 Å². The monoisotopic (exact) mass is 771 g/mol. The highest BCUT2D eigenvalue weighted by Crippen LogP contribution is 2.45. The number of amides is 3. The molecular weight excluding hydrogens is 723 g/mol. The maximum Gasteiger partial charge on any atom is 0.306 e. The molecule has 4 bridgehead atoms. The van der Waals surface area contributed by atoms with Crippen LogP contribution < -0.4 is 14.8 Å². The summed E-state index contributed by atoms with van der Waals surface area (Å²) in [5.41, 5.74) is -0.664. The molecular formula is C41H49N5O8S. The summed E-state index contributed by atoms with van der Waals surface area (Å²) < 4.78 is 41.8. The number of cyclic esters (lactones) is 1. The highest BCUT2D eigenvalue weighted by molar-refractivity contribution is 7.87. The van der Waals surface area contributed by atoms with E-state index in [1.165, 1.54) is 18.0 Å². The summed E-state index contributed by atoms with van der Waals surface area (Å²) in [6.07, 6.45) is 7.69. The Bertz CT molecular complexity index is 2100. The van der Waals surface area contributed by atoms with Crippen molar-refractivity contribution in [2.45, 2.75) is 77.1 Å². The van der Waals surface area contributed by atoms with Crippen molar-refractivity contribution in [1.82, 2.24) is 24.2 Å². The Morgan fingerprint density at radius 3 is 2.60 bits per heavy atom. The lowest BCUT2D eigenvalue weighted by Gasteiger charge is -2.35. The molecule has 13 nitrogen and oxygen atoms in total. The minimum atomic E-state index is -4.31. The summed E-state index contributed by atoms with van der Waals surface area (Å²) >= 11 is 0. The Kier molecular flexibility index (Phi) is 11.5. The fourth-order valence-electron chi connectivity index (χ4n) is 7.23. The van der Waals surface area contributed by atoms with E-state index in [2.05, 4.69) is 21.6 Å². The van der Waals surface area contributed by atoms with Crippen molar-refractivity contribution < 1.29 is 37.1 Å². The van der Waals surface area contributed by atoms with Crippen LogP contribution in [0, 0.1) is 17.3 Å². The molecule has 3 aromatic rings. The first-order valence-electron chi connectivity index (χ1n) is 18.6. The van der Waals surface area contributed by atoms with E-state index in [1.807, 2.05) is 63.3 Å². The molecule has 55 heavy (non-hydrogen) atoms. The number of hydrogen-bond donors (Lipinski definition) is 2. The van der Waals surface area contributed by atoms with E-state index in [0.717, 1.165) is 26.2 Å². The summed E-state index contributed by atoms with van der Waals surface area (Å²) in [5, 5.41) is 4.48. The molecule has 0 radical (unpaired) electrons. The number of benzene rings is 2. The second-order valence-electron chi connectivity index (χ2n) is 15.7. The van der Waals surface area contributed by atoms with Crippen molar-refractivity contribution in [3.8, 4) is 5.88 Å². The molecule has 3 amide bonds. The molecule has 1 saturated heterocycles. The number of nitrogens with zero attached hydrogens (tertiary/aromatic N) is 3. The van der Waals surface area contributed by atoms with Gasteiger partial charge in [0.2, 0.25) is 17.7 Å². The van der Waals surface area contributed by atoms with Gasteiger partial charge in [-0.2, -0.15) is 12.7 Å². The number of esters is 1. The van der Waals surface area contributed by atoms with Gasteiger partial charge < -0.3 is 19.7 Å². The Hall–Kier alpha value is -5.08.